The van der Waals surface area contributed by atoms with E-state index in [2.05, 4.69) is 78.4 Å². The normalized spacial score (nSPS) is 22.6. The van der Waals surface area contributed by atoms with Crippen LogP contribution in [0.15, 0.2) is 36.8 Å². The molecule has 204 valence electrons. The molecule has 0 bridgehead atoms. The Hall–Kier alpha value is -2.83. The van der Waals surface area contributed by atoms with Gasteiger partial charge in [-0.2, -0.15) is 0 Å². The third kappa shape index (κ3) is 6.17. The Bertz CT molecular complexity index is 1430. The zero-order valence-corrected chi connectivity index (χ0v) is 25.2. The van der Waals surface area contributed by atoms with E-state index < -0.39 is 8.07 Å². The number of benzene rings is 1. The minimum atomic E-state index is -1.49. The van der Waals surface area contributed by atoms with Crippen LogP contribution in [0, 0.1) is 30.2 Å². The fraction of sp³-hybridized carbons (Fsp3) is 0.452. The number of nitrogens with zero attached hydrogens (tertiary/aromatic N) is 2. The number of ketones is 1. The van der Waals surface area contributed by atoms with Gasteiger partial charge in [-0.15, -0.1) is 16.9 Å². The molecule has 0 saturated heterocycles. The number of hydrogen-bond acceptors (Lipinski definition) is 7. The van der Waals surface area contributed by atoms with E-state index in [9.17, 15) is 9.90 Å². The highest BCUT2D eigenvalue weighted by Crippen LogP contribution is 2.39. The molecular weight excluding hydrogens is 523 g/mol. The summed E-state index contributed by atoms with van der Waals surface area (Å²) >= 11 is 1.49. The molecule has 1 aromatic carbocycles. The lowest BCUT2D eigenvalue weighted by atomic mass is 9.91. The molecule has 1 aliphatic heterocycles. The zero-order chi connectivity index (χ0) is 27.7. The smallest absolute Gasteiger partial charge is 0.208 e. The van der Waals surface area contributed by atoms with Crippen molar-refractivity contribution in [2.45, 2.75) is 64.9 Å². The second-order valence-corrected chi connectivity index (χ2v) is 17.9. The molecule has 3 heterocycles. The first kappa shape index (κ1) is 27.7. The number of ether oxygens (including phenoxy) is 1. The zero-order valence-electron chi connectivity index (χ0n) is 23.4. The van der Waals surface area contributed by atoms with Gasteiger partial charge in [0.15, 0.2) is 0 Å². The maximum Gasteiger partial charge on any atom is 0.208 e. The van der Waals surface area contributed by atoms with Crippen LogP contribution >= 0.6 is 11.3 Å². The van der Waals surface area contributed by atoms with E-state index in [0.29, 0.717) is 28.8 Å². The molecule has 6 nitrogen and oxygen atoms in total. The number of hydrogen-bond donors (Lipinski definition) is 2. The molecule has 39 heavy (non-hydrogen) atoms. The fourth-order valence-corrected chi connectivity index (χ4v) is 7.07. The van der Waals surface area contributed by atoms with Crippen LogP contribution in [0.3, 0.4) is 0 Å². The predicted molar refractivity (Wildman–Crippen MR) is 159 cm³/mol. The molecule has 0 spiro atoms. The van der Waals surface area contributed by atoms with Crippen LogP contribution in [0.4, 0.5) is 5.82 Å². The number of aliphatic hydroxyl groups is 1. The summed E-state index contributed by atoms with van der Waals surface area (Å²) in [5.74, 6) is 4.55. The van der Waals surface area contributed by atoms with Crippen LogP contribution in [0.1, 0.15) is 68.2 Å². The van der Waals surface area contributed by atoms with Crippen molar-refractivity contribution in [1.29, 1.82) is 0 Å². The summed E-state index contributed by atoms with van der Waals surface area (Å²) < 4.78 is 6.31. The van der Waals surface area contributed by atoms with E-state index in [0.717, 1.165) is 40.8 Å². The van der Waals surface area contributed by atoms with Gasteiger partial charge in [0.1, 0.15) is 26.3 Å². The lowest BCUT2D eigenvalue weighted by Crippen LogP contribution is -2.20. The molecule has 1 aliphatic carbocycles. The van der Waals surface area contributed by atoms with E-state index in [1.165, 1.54) is 23.2 Å². The second kappa shape index (κ2) is 11.3. The molecule has 4 atom stereocenters. The third-order valence-corrected chi connectivity index (χ3v) is 9.65. The van der Waals surface area contributed by atoms with Gasteiger partial charge in [-0.25, -0.2) is 9.97 Å². The highest BCUT2D eigenvalue weighted by Gasteiger charge is 2.32. The largest absolute Gasteiger partial charge is 0.396 e. The third-order valence-electron chi connectivity index (χ3n) is 7.71. The second-order valence-electron chi connectivity index (χ2n) is 11.9. The number of carbonyl (C=O) groups is 1. The van der Waals surface area contributed by atoms with Crippen molar-refractivity contribution in [2.24, 2.45) is 11.8 Å². The Morgan fingerprint density at radius 1 is 1.23 bits per heavy atom. The van der Waals surface area contributed by atoms with E-state index in [1.807, 2.05) is 6.07 Å². The van der Waals surface area contributed by atoms with Gasteiger partial charge in [0.25, 0.3) is 0 Å². The van der Waals surface area contributed by atoms with Gasteiger partial charge in [-0.05, 0) is 72.9 Å². The summed E-state index contributed by atoms with van der Waals surface area (Å²) in [6, 6.07) is 8.61. The van der Waals surface area contributed by atoms with Crippen molar-refractivity contribution in [2.75, 3.05) is 18.5 Å². The number of rotatable bonds is 6. The first-order valence-corrected chi connectivity index (χ1v) is 18.0. The van der Waals surface area contributed by atoms with Gasteiger partial charge in [0, 0.05) is 29.3 Å². The molecule has 2 aromatic heterocycles. The monoisotopic (exact) mass is 559 g/mol. The molecule has 0 amide bonds. The van der Waals surface area contributed by atoms with Gasteiger partial charge in [0.05, 0.1) is 17.0 Å². The molecule has 8 heteroatoms. The Kier molecular flexibility index (Phi) is 8.06. The first-order chi connectivity index (χ1) is 18.6. The van der Waals surface area contributed by atoms with Crippen molar-refractivity contribution >= 4 is 31.0 Å². The molecule has 1 saturated carbocycles. The van der Waals surface area contributed by atoms with Crippen LogP contribution in [-0.2, 0) is 11.2 Å². The summed E-state index contributed by atoms with van der Waals surface area (Å²) in [5, 5.41) is 13.1. The van der Waals surface area contributed by atoms with Gasteiger partial charge >= 0.3 is 0 Å². The van der Waals surface area contributed by atoms with Gasteiger partial charge < -0.3 is 15.2 Å². The van der Waals surface area contributed by atoms with Crippen molar-refractivity contribution in [3.05, 3.63) is 74.4 Å². The van der Waals surface area contributed by atoms with Crippen LogP contribution in [-0.4, -0.2) is 48.2 Å². The molecule has 5 rings (SSSR count). The van der Waals surface area contributed by atoms with Crippen LogP contribution in [0.5, 0.6) is 0 Å². The summed E-state index contributed by atoms with van der Waals surface area (Å²) in [5.41, 5.74) is 8.39. The lowest BCUT2D eigenvalue weighted by Gasteiger charge is -2.26. The van der Waals surface area contributed by atoms with E-state index in [4.69, 9.17) is 4.74 Å². The predicted octanol–water partition coefficient (Wildman–Crippen LogP) is 5.79. The van der Waals surface area contributed by atoms with Gasteiger partial charge in [0.2, 0.25) is 5.78 Å². The minimum absolute atomic E-state index is 0.0898. The minimum Gasteiger partial charge on any atom is -0.396 e. The molecule has 2 aliphatic rings. The first-order valence-electron chi connectivity index (χ1n) is 13.7. The van der Waals surface area contributed by atoms with E-state index in [1.54, 1.807) is 6.20 Å². The maximum absolute atomic E-state index is 13.7. The Morgan fingerprint density at radius 3 is 2.79 bits per heavy atom. The van der Waals surface area contributed by atoms with Crippen molar-refractivity contribution < 1.29 is 14.6 Å². The highest BCUT2D eigenvalue weighted by atomic mass is 32.1. The maximum atomic E-state index is 13.7. The number of anilines is 1. The molecule has 2 N–H and O–H groups in total. The van der Waals surface area contributed by atoms with E-state index >= 15 is 0 Å². The summed E-state index contributed by atoms with van der Waals surface area (Å²) in [6.07, 6.45) is 5.52. The van der Waals surface area contributed by atoms with Crippen molar-refractivity contribution in [1.82, 2.24) is 9.97 Å². The number of fused-ring (bicyclic) bond motifs is 1. The standard InChI is InChI=1S/C31H37N3O3SSi/c1-19-12-24(14-23(19)17-35)34-31-27(16-32-18-33-31)29(36)28-15-25(20(2)38-28)30-26-13-21(9-11-39(3,4)5)6-7-22(26)8-10-37-30/h6-7,13,15-16,18-19,23-24,30,35H,8,10,12,14,17H2,1-5H3,(H,32,33,34)/t19-,23+,24-,30?/m0/s1. The molecule has 1 fully saturated rings. The number of aliphatic hydroxyl groups excluding tert-OH is 1. The highest BCUT2D eigenvalue weighted by molar-refractivity contribution is 7.14. The van der Waals surface area contributed by atoms with Crippen LogP contribution in [0.2, 0.25) is 19.6 Å². The van der Waals surface area contributed by atoms with Gasteiger partial charge in [-0.1, -0.05) is 38.6 Å². The Balaban J connectivity index is 1.42. The average molecular weight is 560 g/mol. The summed E-state index contributed by atoms with van der Waals surface area (Å²) in [4.78, 5) is 24.1. The number of thiophene rings is 1. The number of carbonyl (C=O) groups excluding carboxylic acids is 1. The number of aromatic nitrogens is 2. The van der Waals surface area contributed by atoms with Crippen LogP contribution < -0.4 is 5.32 Å². The Labute approximate surface area is 236 Å². The topological polar surface area (TPSA) is 84.3 Å². The Morgan fingerprint density at radius 2 is 2.05 bits per heavy atom. The number of nitrogens with one attached hydrogen (secondary N) is 1. The fourth-order valence-electron chi connectivity index (χ4n) is 5.55. The SMILES string of the molecule is Cc1sc(C(=O)c2cncnc2N[C@@H]2C[C@H](CO)[C@@H](C)C2)cc1C1OCCc2ccc(C#C[Si](C)(C)C)cc21. The molecule has 3 aromatic rings. The average Bonchev–Trinajstić information content (AvgIpc) is 3.47. The quantitative estimate of drug-likeness (QED) is 0.226. The van der Waals surface area contributed by atoms with Crippen molar-refractivity contribution in [3.63, 3.8) is 0 Å². The van der Waals surface area contributed by atoms with Crippen LogP contribution in [0.25, 0.3) is 0 Å². The van der Waals surface area contributed by atoms with Gasteiger partial charge in [-0.3, -0.25) is 4.79 Å². The summed E-state index contributed by atoms with van der Waals surface area (Å²) in [6.45, 7) is 11.8. The lowest BCUT2D eigenvalue weighted by molar-refractivity contribution is 0.0697. The van der Waals surface area contributed by atoms with Crippen molar-refractivity contribution in [3.8, 4) is 11.5 Å². The molecular formula is C31H37N3O3SSi. The molecule has 0 radical (unpaired) electrons. The molecule has 1 unspecified atom stereocenters. The summed E-state index contributed by atoms with van der Waals surface area (Å²) in [7, 11) is -1.49. The number of aryl methyl sites for hydroxylation is 1. The van der Waals surface area contributed by atoms with E-state index in [-0.39, 0.29) is 30.5 Å².